The molecule has 0 amide bonds. The van der Waals surface area contributed by atoms with Crippen molar-refractivity contribution in [2.45, 2.75) is 91.7 Å². The normalized spacial score (nSPS) is 13.3. The van der Waals surface area contributed by atoms with Crippen LogP contribution < -0.4 is 9.16 Å². The summed E-state index contributed by atoms with van der Waals surface area (Å²) >= 11 is 0. The molecule has 149 valence electrons. The summed E-state index contributed by atoms with van der Waals surface area (Å²) in [4.78, 5) is 0. The Hall–Kier alpha value is -1.00. The summed E-state index contributed by atoms with van der Waals surface area (Å²) < 4.78 is 17.9. The van der Waals surface area contributed by atoms with Crippen LogP contribution in [0.15, 0.2) is 6.07 Å². The van der Waals surface area contributed by atoms with Crippen LogP contribution in [-0.4, -0.2) is 22.9 Å². The van der Waals surface area contributed by atoms with Gasteiger partial charge in [-0.1, -0.05) is 62.3 Å². The molecule has 26 heavy (non-hydrogen) atoms. The molecule has 0 unspecified atom stereocenters. The van der Waals surface area contributed by atoms with Crippen LogP contribution in [0.4, 0.5) is 0 Å². The lowest BCUT2D eigenvalue weighted by Crippen LogP contribution is -2.27. The predicted octanol–water partition coefficient (Wildman–Crippen LogP) is 6.19. The SMILES string of the molecule is COCOc1c(C(C)(C)C)cc(C(C)(C)C)c(O[Si](C)C)c1C(C)(C)C. The zero-order valence-electron chi connectivity index (χ0n) is 19.0. The minimum atomic E-state index is -0.921. The lowest BCUT2D eigenvalue weighted by molar-refractivity contribution is 0.0482. The fraction of sp³-hybridized carbons (Fsp3) is 0.727. The van der Waals surface area contributed by atoms with E-state index in [-0.39, 0.29) is 23.0 Å². The van der Waals surface area contributed by atoms with Crippen molar-refractivity contribution in [3.63, 3.8) is 0 Å². The highest BCUT2D eigenvalue weighted by atomic mass is 28.3. The van der Waals surface area contributed by atoms with Crippen molar-refractivity contribution < 1.29 is 13.9 Å². The summed E-state index contributed by atoms with van der Waals surface area (Å²) in [6, 6.07) is 2.29. The van der Waals surface area contributed by atoms with Crippen molar-refractivity contribution in [3.8, 4) is 11.5 Å². The van der Waals surface area contributed by atoms with Crippen molar-refractivity contribution in [2.24, 2.45) is 0 Å². The van der Waals surface area contributed by atoms with E-state index in [4.69, 9.17) is 13.9 Å². The van der Waals surface area contributed by atoms with Crippen molar-refractivity contribution in [3.05, 3.63) is 22.8 Å². The molecule has 3 nitrogen and oxygen atoms in total. The third kappa shape index (κ3) is 5.50. The highest BCUT2D eigenvalue weighted by molar-refractivity contribution is 6.49. The largest absolute Gasteiger partial charge is 0.542 e. The highest BCUT2D eigenvalue weighted by Crippen LogP contribution is 2.49. The molecule has 1 aromatic rings. The van der Waals surface area contributed by atoms with E-state index in [1.54, 1.807) is 7.11 Å². The standard InChI is InChI=1S/C22H39O3Si/c1-20(2,3)15-13-16(21(4,5)6)19(25-26(11)12)17(22(7,8)9)18(15)24-14-23-10/h13H,14H2,1-12H3. The van der Waals surface area contributed by atoms with Crippen LogP contribution in [0.25, 0.3) is 0 Å². The van der Waals surface area contributed by atoms with Gasteiger partial charge in [0.15, 0.2) is 6.79 Å². The minimum Gasteiger partial charge on any atom is -0.542 e. The molecule has 0 aliphatic heterocycles. The van der Waals surface area contributed by atoms with Gasteiger partial charge < -0.3 is 13.9 Å². The quantitative estimate of drug-likeness (QED) is 0.451. The summed E-state index contributed by atoms with van der Waals surface area (Å²) in [6.45, 7) is 24.7. The molecular formula is C22H39O3Si. The number of rotatable bonds is 5. The lowest BCUT2D eigenvalue weighted by atomic mass is 9.74. The molecule has 0 aliphatic carbocycles. The number of hydrogen-bond donors (Lipinski definition) is 0. The van der Waals surface area contributed by atoms with Gasteiger partial charge in [0.2, 0.25) is 0 Å². The molecule has 1 rings (SSSR count). The van der Waals surface area contributed by atoms with Crippen molar-refractivity contribution >= 4 is 9.04 Å². The van der Waals surface area contributed by atoms with Gasteiger partial charge in [0.05, 0.1) is 0 Å². The maximum Gasteiger partial charge on any atom is 0.274 e. The smallest absolute Gasteiger partial charge is 0.274 e. The van der Waals surface area contributed by atoms with Gasteiger partial charge in [0.25, 0.3) is 9.04 Å². The van der Waals surface area contributed by atoms with Gasteiger partial charge in [-0.2, -0.15) is 0 Å². The van der Waals surface area contributed by atoms with E-state index < -0.39 is 9.04 Å². The molecule has 1 radical (unpaired) electrons. The van der Waals surface area contributed by atoms with Crippen LogP contribution in [0, 0.1) is 0 Å². The minimum absolute atomic E-state index is 0.0214. The molecule has 4 heteroatoms. The summed E-state index contributed by atoms with van der Waals surface area (Å²) in [5, 5.41) is 0. The van der Waals surface area contributed by atoms with Gasteiger partial charge in [-0.15, -0.1) is 0 Å². The molecule has 0 atom stereocenters. The number of hydrogen-bond acceptors (Lipinski definition) is 3. The molecule has 0 heterocycles. The van der Waals surface area contributed by atoms with Crippen LogP contribution in [0.3, 0.4) is 0 Å². The van der Waals surface area contributed by atoms with Gasteiger partial charge in [-0.3, -0.25) is 0 Å². The van der Waals surface area contributed by atoms with E-state index in [2.05, 4.69) is 81.5 Å². The molecule has 0 fully saturated rings. The highest BCUT2D eigenvalue weighted by Gasteiger charge is 2.35. The molecule has 0 aromatic heterocycles. The van der Waals surface area contributed by atoms with E-state index in [9.17, 15) is 0 Å². The molecule has 0 spiro atoms. The van der Waals surface area contributed by atoms with Gasteiger partial charge in [0, 0.05) is 18.2 Å². The van der Waals surface area contributed by atoms with Gasteiger partial charge in [0.1, 0.15) is 11.5 Å². The van der Waals surface area contributed by atoms with Crippen LogP contribution in [-0.2, 0) is 21.0 Å². The summed E-state index contributed by atoms with van der Waals surface area (Å²) in [6.07, 6.45) is 0. The Morgan fingerprint density at radius 3 is 1.58 bits per heavy atom. The Kier molecular flexibility index (Phi) is 7.03. The molecule has 0 saturated heterocycles. The first-order valence-corrected chi connectivity index (χ1v) is 11.8. The first-order valence-electron chi connectivity index (χ1n) is 9.43. The van der Waals surface area contributed by atoms with Crippen LogP contribution in [0.2, 0.25) is 13.1 Å². The van der Waals surface area contributed by atoms with E-state index in [1.165, 1.54) is 11.1 Å². The lowest BCUT2D eigenvalue weighted by Gasteiger charge is -2.36. The molecule has 0 bridgehead atoms. The second-order valence-corrected chi connectivity index (χ2v) is 12.3. The first kappa shape index (κ1) is 23.0. The number of ether oxygens (including phenoxy) is 2. The summed E-state index contributed by atoms with van der Waals surface area (Å²) in [5.41, 5.74) is 3.43. The van der Waals surface area contributed by atoms with E-state index in [0.717, 1.165) is 17.1 Å². The average molecular weight is 380 g/mol. The molecular weight excluding hydrogens is 340 g/mol. The summed E-state index contributed by atoms with van der Waals surface area (Å²) in [7, 11) is 0.739. The van der Waals surface area contributed by atoms with E-state index in [1.807, 2.05) is 0 Å². The second-order valence-electron chi connectivity index (χ2n) is 10.3. The van der Waals surface area contributed by atoms with E-state index in [0.29, 0.717) is 0 Å². The van der Waals surface area contributed by atoms with Crippen molar-refractivity contribution in [1.82, 2.24) is 0 Å². The van der Waals surface area contributed by atoms with Crippen molar-refractivity contribution in [1.29, 1.82) is 0 Å². The third-order valence-corrected chi connectivity index (χ3v) is 4.84. The van der Waals surface area contributed by atoms with E-state index >= 15 is 0 Å². The summed E-state index contributed by atoms with van der Waals surface area (Å²) in [5.74, 6) is 1.92. The van der Waals surface area contributed by atoms with Gasteiger partial charge >= 0.3 is 0 Å². The zero-order valence-corrected chi connectivity index (χ0v) is 20.0. The Morgan fingerprint density at radius 1 is 0.769 bits per heavy atom. The van der Waals surface area contributed by atoms with Crippen molar-refractivity contribution in [2.75, 3.05) is 13.9 Å². The van der Waals surface area contributed by atoms with Gasteiger partial charge in [-0.25, -0.2) is 0 Å². The second kappa shape index (κ2) is 7.93. The molecule has 1 aromatic carbocycles. The predicted molar refractivity (Wildman–Crippen MR) is 113 cm³/mol. The molecule has 0 aliphatic rings. The third-order valence-electron chi connectivity index (χ3n) is 4.23. The maximum absolute atomic E-state index is 6.50. The monoisotopic (exact) mass is 379 g/mol. The van der Waals surface area contributed by atoms with Crippen LogP contribution in [0.5, 0.6) is 11.5 Å². The Labute approximate surface area is 163 Å². The molecule has 0 N–H and O–H groups in total. The van der Waals surface area contributed by atoms with Crippen LogP contribution >= 0.6 is 0 Å². The Balaban J connectivity index is 4.02. The van der Waals surface area contributed by atoms with Crippen LogP contribution in [0.1, 0.15) is 79.0 Å². The maximum atomic E-state index is 6.50. The Morgan fingerprint density at radius 2 is 1.23 bits per heavy atom. The fourth-order valence-corrected chi connectivity index (χ4v) is 3.64. The van der Waals surface area contributed by atoms with Gasteiger partial charge in [-0.05, 0) is 41.0 Å². The zero-order chi connectivity index (χ0) is 20.5. The number of benzene rings is 1. The molecule has 0 saturated carbocycles. The number of methoxy groups -OCH3 is 1. The topological polar surface area (TPSA) is 27.7 Å². The fourth-order valence-electron chi connectivity index (χ4n) is 3.02. The average Bonchev–Trinajstić information content (AvgIpc) is 2.39. The Bertz CT molecular complexity index is 614. The first-order chi connectivity index (χ1) is 11.6.